The molecule has 4 heteroatoms. The molecule has 0 radical (unpaired) electrons. The van der Waals surface area contributed by atoms with E-state index in [-0.39, 0.29) is 0 Å². The predicted octanol–water partition coefficient (Wildman–Crippen LogP) is 6.20. The molecule has 1 aliphatic carbocycles. The van der Waals surface area contributed by atoms with Gasteiger partial charge in [0.2, 0.25) is 0 Å². The number of rotatable bonds is 10. The van der Waals surface area contributed by atoms with Gasteiger partial charge in [-0.05, 0) is 55.0 Å². The van der Waals surface area contributed by atoms with E-state index in [1.165, 1.54) is 49.1 Å². The van der Waals surface area contributed by atoms with Crippen molar-refractivity contribution < 1.29 is 8.85 Å². The monoisotopic (exact) mass is 344 g/mol. The van der Waals surface area contributed by atoms with Gasteiger partial charge in [0.15, 0.2) is 16.6 Å². The maximum atomic E-state index is 6.89. The molecule has 1 aliphatic rings. The predicted molar refractivity (Wildman–Crippen MR) is 103 cm³/mol. The van der Waals surface area contributed by atoms with E-state index in [1.54, 1.807) is 0 Å². The van der Waals surface area contributed by atoms with Gasteiger partial charge >= 0.3 is 0 Å². The highest BCUT2D eigenvalue weighted by Crippen LogP contribution is 2.38. The number of hydrogen-bond acceptors (Lipinski definition) is 2. The molecule has 0 saturated heterocycles. The Bertz CT molecular complexity index is 298. The van der Waals surface area contributed by atoms with Crippen LogP contribution in [0.5, 0.6) is 0 Å². The van der Waals surface area contributed by atoms with Crippen LogP contribution >= 0.6 is 0 Å². The molecular formula is C18H40O2Si2. The summed E-state index contributed by atoms with van der Waals surface area (Å²) >= 11 is 0. The second-order valence-corrected chi connectivity index (χ2v) is 16.7. The fourth-order valence-electron chi connectivity index (χ4n) is 4.05. The lowest BCUT2D eigenvalue weighted by molar-refractivity contribution is 0.0427. The molecule has 0 bridgehead atoms. The Morgan fingerprint density at radius 2 is 1.09 bits per heavy atom. The summed E-state index contributed by atoms with van der Waals surface area (Å²) in [5.41, 5.74) is 0. The summed E-state index contributed by atoms with van der Waals surface area (Å²) in [5.74, 6) is 0.666. The summed E-state index contributed by atoms with van der Waals surface area (Å²) in [6.45, 7) is 16.4. The SMILES string of the molecule is CC[Si](CC)(CC)OC1CCC(C)C1O[Si](CC)(CC)CC. The largest absolute Gasteiger partial charge is 0.411 e. The third kappa shape index (κ3) is 4.46. The summed E-state index contributed by atoms with van der Waals surface area (Å²) in [6, 6.07) is 7.47. The first-order valence-electron chi connectivity index (χ1n) is 9.80. The van der Waals surface area contributed by atoms with E-state index in [1.807, 2.05) is 0 Å². The van der Waals surface area contributed by atoms with Crippen LogP contribution < -0.4 is 0 Å². The lowest BCUT2D eigenvalue weighted by Gasteiger charge is -2.39. The summed E-state index contributed by atoms with van der Waals surface area (Å²) in [5, 5.41) is 0. The van der Waals surface area contributed by atoms with Crippen LogP contribution in [0.2, 0.25) is 36.3 Å². The summed E-state index contributed by atoms with van der Waals surface area (Å²) in [6.07, 6.45) is 3.22. The van der Waals surface area contributed by atoms with Gasteiger partial charge in [0.05, 0.1) is 12.2 Å². The second kappa shape index (κ2) is 9.00. The Morgan fingerprint density at radius 3 is 1.50 bits per heavy atom. The molecule has 1 fully saturated rings. The van der Waals surface area contributed by atoms with E-state index < -0.39 is 16.6 Å². The van der Waals surface area contributed by atoms with Crippen LogP contribution in [-0.4, -0.2) is 28.8 Å². The molecule has 1 rings (SSSR count). The fraction of sp³-hybridized carbons (Fsp3) is 1.00. The van der Waals surface area contributed by atoms with E-state index in [4.69, 9.17) is 8.85 Å². The molecule has 0 amide bonds. The van der Waals surface area contributed by atoms with Gasteiger partial charge in [-0.3, -0.25) is 0 Å². The van der Waals surface area contributed by atoms with E-state index in [0.29, 0.717) is 18.1 Å². The van der Waals surface area contributed by atoms with Crippen LogP contribution in [0.1, 0.15) is 61.3 Å². The summed E-state index contributed by atoms with van der Waals surface area (Å²) in [7, 11) is -3.06. The zero-order valence-electron chi connectivity index (χ0n) is 16.2. The quantitative estimate of drug-likeness (QED) is 0.439. The van der Waals surface area contributed by atoms with Crippen molar-refractivity contribution >= 4 is 16.6 Å². The molecule has 132 valence electrons. The first-order valence-corrected chi connectivity index (χ1v) is 14.9. The maximum absolute atomic E-state index is 6.89. The molecule has 0 spiro atoms. The Labute approximate surface area is 141 Å². The van der Waals surface area contributed by atoms with Gasteiger partial charge < -0.3 is 8.85 Å². The highest BCUT2D eigenvalue weighted by molar-refractivity contribution is 6.74. The van der Waals surface area contributed by atoms with Gasteiger partial charge in [-0.1, -0.05) is 48.5 Å². The number of hydrogen-bond donors (Lipinski definition) is 0. The molecule has 2 nitrogen and oxygen atoms in total. The third-order valence-electron chi connectivity index (χ3n) is 6.49. The first-order chi connectivity index (χ1) is 10.4. The zero-order valence-corrected chi connectivity index (χ0v) is 18.2. The van der Waals surface area contributed by atoms with Gasteiger partial charge in [-0.15, -0.1) is 0 Å². The Balaban J connectivity index is 2.87. The molecule has 0 aromatic heterocycles. The maximum Gasteiger partial charge on any atom is 0.192 e. The minimum absolute atomic E-state index is 0.364. The van der Waals surface area contributed by atoms with Gasteiger partial charge in [0.25, 0.3) is 0 Å². The van der Waals surface area contributed by atoms with Crippen LogP contribution in [0.15, 0.2) is 0 Å². The highest BCUT2D eigenvalue weighted by atomic mass is 28.4. The normalized spacial score (nSPS) is 26.6. The van der Waals surface area contributed by atoms with Crippen molar-refractivity contribution in [1.82, 2.24) is 0 Å². The van der Waals surface area contributed by atoms with Gasteiger partial charge in [-0.2, -0.15) is 0 Å². The van der Waals surface area contributed by atoms with E-state index in [0.717, 1.165) is 0 Å². The van der Waals surface area contributed by atoms with Crippen molar-refractivity contribution in [2.75, 3.05) is 0 Å². The van der Waals surface area contributed by atoms with Crippen LogP contribution in [-0.2, 0) is 8.85 Å². The minimum Gasteiger partial charge on any atom is -0.411 e. The third-order valence-corrected chi connectivity index (χ3v) is 15.8. The lowest BCUT2D eigenvalue weighted by atomic mass is 10.1. The molecule has 3 unspecified atom stereocenters. The first kappa shape index (κ1) is 20.4. The van der Waals surface area contributed by atoms with Crippen LogP contribution in [0.3, 0.4) is 0 Å². The molecule has 0 N–H and O–H groups in total. The van der Waals surface area contributed by atoms with Gasteiger partial charge in [0, 0.05) is 0 Å². The topological polar surface area (TPSA) is 18.5 Å². The molecule has 0 heterocycles. The molecule has 0 aliphatic heterocycles. The standard InChI is InChI=1S/C18H40O2Si2/c1-8-21(9-2,10-3)19-17-15-14-16(7)18(17)20-22(11-4,12-5)13-6/h16-18H,8-15H2,1-7H3. The minimum atomic E-state index is -1.54. The van der Waals surface area contributed by atoms with E-state index in [2.05, 4.69) is 48.5 Å². The van der Waals surface area contributed by atoms with Crippen molar-refractivity contribution in [1.29, 1.82) is 0 Å². The average Bonchev–Trinajstić information content (AvgIpc) is 2.90. The van der Waals surface area contributed by atoms with Crippen LogP contribution in [0.25, 0.3) is 0 Å². The van der Waals surface area contributed by atoms with E-state index in [9.17, 15) is 0 Å². The summed E-state index contributed by atoms with van der Waals surface area (Å²) in [4.78, 5) is 0. The molecule has 3 atom stereocenters. The molecule has 0 aromatic rings. The molecular weight excluding hydrogens is 304 g/mol. The van der Waals surface area contributed by atoms with Crippen molar-refractivity contribution in [3.8, 4) is 0 Å². The highest BCUT2D eigenvalue weighted by Gasteiger charge is 2.44. The lowest BCUT2D eigenvalue weighted by Crippen LogP contribution is -2.48. The molecule has 22 heavy (non-hydrogen) atoms. The fourth-order valence-corrected chi connectivity index (χ4v) is 9.91. The van der Waals surface area contributed by atoms with Crippen molar-refractivity contribution in [2.45, 2.75) is 110 Å². The molecule has 0 aromatic carbocycles. The Hall–Kier alpha value is 0.354. The van der Waals surface area contributed by atoms with Gasteiger partial charge in [-0.25, -0.2) is 0 Å². The Morgan fingerprint density at radius 1 is 0.682 bits per heavy atom. The van der Waals surface area contributed by atoms with Crippen LogP contribution in [0.4, 0.5) is 0 Å². The smallest absolute Gasteiger partial charge is 0.192 e. The van der Waals surface area contributed by atoms with Gasteiger partial charge in [0.1, 0.15) is 0 Å². The Kier molecular flexibility index (Phi) is 8.34. The zero-order chi connectivity index (χ0) is 16.8. The van der Waals surface area contributed by atoms with E-state index >= 15 is 0 Å². The van der Waals surface area contributed by atoms with Crippen molar-refractivity contribution in [2.24, 2.45) is 5.92 Å². The average molecular weight is 345 g/mol. The van der Waals surface area contributed by atoms with Crippen molar-refractivity contribution in [3.05, 3.63) is 0 Å². The summed E-state index contributed by atoms with van der Waals surface area (Å²) < 4.78 is 13.7. The molecule has 1 saturated carbocycles. The van der Waals surface area contributed by atoms with Crippen LogP contribution in [0, 0.1) is 5.92 Å². The van der Waals surface area contributed by atoms with Crippen molar-refractivity contribution in [3.63, 3.8) is 0 Å². The second-order valence-electron chi connectivity index (χ2n) is 7.28.